The summed E-state index contributed by atoms with van der Waals surface area (Å²) in [7, 11) is 1.61. The van der Waals surface area contributed by atoms with Crippen LogP contribution in [0.2, 0.25) is 10.0 Å². The molecule has 3 aromatic rings. The molecule has 0 radical (unpaired) electrons. The zero-order valence-electron chi connectivity index (χ0n) is 19.2. The van der Waals surface area contributed by atoms with E-state index in [4.69, 9.17) is 32.7 Å². The third kappa shape index (κ3) is 6.38. The Morgan fingerprint density at radius 3 is 2.11 bits per heavy atom. The van der Waals surface area contributed by atoms with Gasteiger partial charge in [-0.2, -0.15) is 0 Å². The largest absolute Gasteiger partial charge is 0.497 e. The second-order valence-corrected chi connectivity index (χ2v) is 8.83. The van der Waals surface area contributed by atoms with Crippen LogP contribution in [-0.4, -0.2) is 50.2 Å². The SMILES string of the molecule is COc1ccc(CC(=O)Nc2ccc(N3CCN(C(=O)Oc4c(Cl)cccc4Cl)CC3)cc2)cc1. The number of amides is 2. The van der Waals surface area contributed by atoms with Gasteiger partial charge in [-0.15, -0.1) is 0 Å². The Morgan fingerprint density at radius 2 is 1.51 bits per heavy atom. The molecule has 1 heterocycles. The lowest BCUT2D eigenvalue weighted by molar-refractivity contribution is -0.115. The minimum atomic E-state index is -0.477. The molecule has 1 fully saturated rings. The highest BCUT2D eigenvalue weighted by Gasteiger charge is 2.24. The fraction of sp³-hybridized carbons (Fsp3) is 0.231. The number of piperazine rings is 1. The number of benzene rings is 3. The second kappa shape index (κ2) is 11.3. The number of nitrogens with zero attached hydrogens (tertiary/aromatic N) is 2. The van der Waals surface area contributed by atoms with Crippen LogP contribution < -0.4 is 19.7 Å². The molecule has 1 aliphatic rings. The first-order chi connectivity index (χ1) is 16.9. The van der Waals surface area contributed by atoms with E-state index in [1.807, 2.05) is 48.5 Å². The molecule has 7 nitrogen and oxygen atoms in total. The molecule has 1 aliphatic heterocycles. The maximum atomic E-state index is 12.5. The molecule has 1 N–H and O–H groups in total. The number of hydrogen-bond acceptors (Lipinski definition) is 5. The van der Waals surface area contributed by atoms with Gasteiger partial charge in [0.05, 0.1) is 23.6 Å². The predicted molar refractivity (Wildman–Crippen MR) is 138 cm³/mol. The van der Waals surface area contributed by atoms with Gasteiger partial charge in [-0.25, -0.2) is 4.79 Å². The minimum Gasteiger partial charge on any atom is -0.497 e. The average Bonchev–Trinajstić information content (AvgIpc) is 2.87. The lowest BCUT2D eigenvalue weighted by Gasteiger charge is -2.35. The van der Waals surface area contributed by atoms with Gasteiger partial charge in [0.15, 0.2) is 5.75 Å². The summed E-state index contributed by atoms with van der Waals surface area (Å²) >= 11 is 12.2. The Hall–Kier alpha value is -3.42. The molecule has 4 rings (SSSR count). The van der Waals surface area contributed by atoms with Crippen LogP contribution in [0.3, 0.4) is 0 Å². The quantitative estimate of drug-likeness (QED) is 0.470. The lowest BCUT2D eigenvalue weighted by Crippen LogP contribution is -2.49. The first-order valence-electron chi connectivity index (χ1n) is 11.1. The van der Waals surface area contributed by atoms with Crippen LogP contribution in [0.15, 0.2) is 66.7 Å². The lowest BCUT2D eigenvalue weighted by atomic mass is 10.1. The summed E-state index contributed by atoms with van der Waals surface area (Å²) in [5.41, 5.74) is 2.65. The van der Waals surface area contributed by atoms with Crippen LogP contribution in [0, 0.1) is 0 Å². The number of methoxy groups -OCH3 is 1. The Kier molecular flexibility index (Phi) is 8.00. The number of hydrogen-bond donors (Lipinski definition) is 1. The molecule has 0 atom stereocenters. The molecule has 1 saturated heterocycles. The van der Waals surface area contributed by atoms with Crippen LogP contribution >= 0.6 is 23.2 Å². The molecule has 0 aliphatic carbocycles. The van der Waals surface area contributed by atoms with Crippen LogP contribution in [0.1, 0.15) is 5.56 Å². The summed E-state index contributed by atoms with van der Waals surface area (Å²) in [6, 6.07) is 20.0. The standard InChI is InChI=1S/C26H25Cl2N3O4/c1-34-21-11-5-18(6-12-21)17-24(32)29-19-7-9-20(10-8-19)30-13-15-31(16-14-30)26(33)35-25-22(27)3-2-4-23(25)28/h2-12H,13-17H2,1H3,(H,29,32). The number of carbonyl (C=O) groups is 2. The van der Waals surface area contributed by atoms with Crippen molar-refractivity contribution in [2.75, 3.05) is 43.5 Å². The van der Waals surface area contributed by atoms with Crippen LogP contribution in [0.5, 0.6) is 11.5 Å². The summed E-state index contributed by atoms with van der Waals surface area (Å²) in [4.78, 5) is 28.7. The van der Waals surface area contributed by atoms with Gasteiger partial charge < -0.3 is 24.6 Å². The first-order valence-corrected chi connectivity index (χ1v) is 11.9. The van der Waals surface area contributed by atoms with Crippen molar-refractivity contribution in [3.63, 3.8) is 0 Å². The molecule has 3 aromatic carbocycles. The highest BCUT2D eigenvalue weighted by molar-refractivity contribution is 6.37. The van der Waals surface area contributed by atoms with Crippen molar-refractivity contribution in [2.45, 2.75) is 6.42 Å². The van der Waals surface area contributed by atoms with Gasteiger partial charge >= 0.3 is 6.09 Å². The Labute approximate surface area is 214 Å². The fourth-order valence-corrected chi connectivity index (χ4v) is 4.24. The van der Waals surface area contributed by atoms with E-state index in [2.05, 4.69) is 10.2 Å². The Bertz CT molecular complexity index is 1160. The fourth-order valence-electron chi connectivity index (χ4n) is 3.77. The van der Waals surface area contributed by atoms with Crippen molar-refractivity contribution in [3.8, 4) is 11.5 Å². The summed E-state index contributed by atoms with van der Waals surface area (Å²) < 4.78 is 10.6. The molecular weight excluding hydrogens is 489 g/mol. The predicted octanol–water partition coefficient (Wildman–Crippen LogP) is 5.50. The van der Waals surface area contributed by atoms with E-state index in [0.29, 0.717) is 36.2 Å². The van der Waals surface area contributed by atoms with Crippen LogP contribution in [0.4, 0.5) is 16.2 Å². The van der Waals surface area contributed by atoms with Crippen molar-refractivity contribution < 1.29 is 19.1 Å². The highest BCUT2D eigenvalue weighted by atomic mass is 35.5. The van der Waals surface area contributed by atoms with Crippen molar-refractivity contribution in [3.05, 3.63) is 82.3 Å². The van der Waals surface area contributed by atoms with E-state index < -0.39 is 6.09 Å². The maximum absolute atomic E-state index is 12.5. The summed E-state index contributed by atoms with van der Waals surface area (Å²) in [6.45, 7) is 2.30. The van der Waals surface area contributed by atoms with E-state index in [9.17, 15) is 9.59 Å². The third-order valence-electron chi connectivity index (χ3n) is 5.69. The number of ether oxygens (including phenoxy) is 2. The van der Waals surface area contributed by atoms with Gasteiger partial charge in [0, 0.05) is 37.6 Å². The Morgan fingerprint density at radius 1 is 0.886 bits per heavy atom. The average molecular weight is 514 g/mol. The number of halogens is 2. The second-order valence-electron chi connectivity index (χ2n) is 8.01. The monoisotopic (exact) mass is 513 g/mol. The van der Waals surface area contributed by atoms with Gasteiger partial charge in [0.2, 0.25) is 5.91 Å². The van der Waals surface area contributed by atoms with E-state index in [1.54, 1.807) is 30.2 Å². The normalized spacial score (nSPS) is 13.3. The molecule has 35 heavy (non-hydrogen) atoms. The van der Waals surface area contributed by atoms with Crippen molar-refractivity contribution in [2.24, 2.45) is 0 Å². The van der Waals surface area contributed by atoms with Gasteiger partial charge in [-0.05, 0) is 54.1 Å². The van der Waals surface area contributed by atoms with Crippen molar-refractivity contribution >= 4 is 46.6 Å². The van der Waals surface area contributed by atoms with Gasteiger partial charge in [0.25, 0.3) is 0 Å². The molecule has 0 spiro atoms. The zero-order chi connectivity index (χ0) is 24.8. The summed E-state index contributed by atoms with van der Waals surface area (Å²) in [5.74, 6) is 0.842. The van der Waals surface area contributed by atoms with E-state index in [0.717, 1.165) is 22.7 Å². The molecule has 0 aromatic heterocycles. The number of rotatable bonds is 6. The van der Waals surface area contributed by atoms with Crippen LogP contribution in [-0.2, 0) is 11.2 Å². The minimum absolute atomic E-state index is 0.0892. The van der Waals surface area contributed by atoms with Crippen molar-refractivity contribution in [1.82, 2.24) is 4.90 Å². The number of anilines is 2. The van der Waals surface area contributed by atoms with E-state index in [-0.39, 0.29) is 18.1 Å². The molecule has 9 heteroatoms. The Balaban J connectivity index is 1.27. The zero-order valence-corrected chi connectivity index (χ0v) is 20.7. The molecule has 0 bridgehead atoms. The van der Waals surface area contributed by atoms with Gasteiger partial charge in [0.1, 0.15) is 5.75 Å². The first kappa shape index (κ1) is 24.7. The molecule has 182 valence electrons. The molecule has 2 amide bonds. The van der Waals surface area contributed by atoms with Crippen molar-refractivity contribution in [1.29, 1.82) is 0 Å². The highest BCUT2D eigenvalue weighted by Crippen LogP contribution is 2.33. The number of nitrogens with one attached hydrogen (secondary N) is 1. The third-order valence-corrected chi connectivity index (χ3v) is 6.28. The smallest absolute Gasteiger partial charge is 0.415 e. The van der Waals surface area contributed by atoms with Gasteiger partial charge in [-0.3, -0.25) is 4.79 Å². The molecule has 0 saturated carbocycles. The molecular formula is C26H25Cl2N3O4. The summed E-state index contributed by atoms with van der Waals surface area (Å²) in [6.07, 6.45) is -0.196. The number of carbonyl (C=O) groups excluding carboxylic acids is 2. The maximum Gasteiger partial charge on any atom is 0.415 e. The van der Waals surface area contributed by atoms with E-state index >= 15 is 0 Å². The van der Waals surface area contributed by atoms with Crippen LogP contribution in [0.25, 0.3) is 0 Å². The molecule has 0 unspecified atom stereocenters. The van der Waals surface area contributed by atoms with E-state index in [1.165, 1.54) is 0 Å². The van der Waals surface area contributed by atoms with Gasteiger partial charge in [-0.1, -0.05) is 41.4 Å². The summed E-state index contributed by atoms with van der Waals surface area (Å²) in [5, 5.41) is 3.51. The topological polar surface area (TPSA) is 71.1 Å². The number of para-hydroxylation sites is 1.